The predicted octanol–water partition coefficient (Wildman–Crippen LogP) is 4.35. The summed E-state index contributed by atoms with van der Waals surface area (Å²) in [5, 5.41) is 7.98. The summed E-state index contributed by atoms with van der Waals surface area (Å²) in [7, 11) is 1.91. The number of likely N-dealkylation sites (N-methyl/N-ethyl adjacent to an activating group) is 1. The summed E-state index contributed by atoms with van der Waals surface area (Å²) in [6.45, 7) is 13.1. The number of primary amides is 1. The number of aldehydes is 1. The van der Waals surface area contributed by atoms with Gasteiger partial charge in [0.2, 0.25) is 11.8 Å². The van der Waals surface area contributed by atoms with Crippen LogP contribution in [0.1, 0.15) is 57.9 Å². The van der Waals surface area contributed by atoms with Crippen LogP contribution in [0.2, 0.25) is 5.02 Å². The van der Waals surface area contributed by atoms with E-state index in [1.807, 2.05) is 25.2 Å². The second-order valence-corrected chi connectivity index (χ2v) is 11.1. The van der Waals surface area contributed by atoms with Crippen LogP contribution in [0.25, 0.3) is 10.2 Å². The average molecular weight is 566 g/mol. The molecule has 1 aliphatic rings. The highest BCUT2D eigenvalue weighted by Crippen LogP contribution is 2.26. The lowest BCUT2D eigenvalue weighted by Gasteiger charge is -2.25. The number of fused-ring (bicyclic) bond motifs is 1. The van der Waals surface area contributed by atoms with Gasteiger partial charge in [-0.1, -0.05) is 44.9 Å². The fourth-order valence-electron chi connectivity index (χ4n) is 3.89. The summed E-state index contributed by atoms with van der Waals surface area (Å²) < 4.78 is 1.07. The standard InChI is InChI=1S/C17H24ClN3OS.C9H15NO.C2H5NO/c1-4-11(2)14(10-19-3)20-16(22)7-8-17-21-13-6-5-12(18)9-15(13)23-17;1-9(8-11)7-10-5-3-2-4-6-10;1-2(3)4/h5-6,9,11,14,19H,4,7-8,10H2,1-3H3,(H,20,22);8H,1-7H2;1H3,(H2,3,4). The molecule has 4 N–H and O–H groups in total. The van der Waals surface area contributed by atoms with Crippen molar-refractivity contribution in [3.63, 3.8) is 0 Å². The lowest BCUT2D eigenvalue weighted by molar-refractivity contribution is -0.122. The number of nitrogens with zero attached hydrogens (tertiary/aromatic N) is 2. The molecule has 0 saturated carbocycles. The van der Waals surface area contributed by atoms with Crippen LogP contribution < -0.4 is 16.4 Å². The number of carbonyl (C=O) groups excluding carboxylic acids is 3. The van der Waals surface area contributed by atoms with Gasteiger partial charge in [0.15, 0.2) is 0 Å². The molecule has 1 aliphatic heterocycles. The van der Waals surface area contributed by atoms with Crippen molar-refractivity contribution >= 4 is 51.3 Å². The molecular weight excluding hydrogens is 522 g/mol. The van der Waals surface area contributed by atoms with Gasteiger partial charge in [-0.25, -0.2) is 4.98 Å². The summed E-state index contributed by atoms with van der Waals surface area (Å²) >= 11 is 7.60. The molecule has 2 heterocycles. The Balaban J connectivity index is 0.000000398. The molecule has 212 valence electrons. The maximum atomic E-state index is 12.2. The number of hydrogen-bond donors (Lipinski definition) is 3. The van der Waals surface area contributed by atoms with Gasteiger partial charge in [-0.3, -0.25) is 19.3 Å². The number of halogens is 1. The number of piperidine rings is 1. The Kier molecular flexibility index (Phi) is 16.7. The molecule has 2 atom stereocenters. The number of rotatable bonds is 11. The van der Waals surface area contributed by atoms with Crippen molar-refractivity contribution in [3.05, 3.63) is 40.4 Å². The SMILES string of the molecule is C=C(C=O)CN1CCCCC1.CC(N)=O.CCC(C)C(CNC)NC(=O)CCc1nc2ccc(Cl)cc2s1. The Morgan fingerprint density at radius 1 is 1.29 bits per heavy atom. The van der Waals surface area contributed by atoms with Crippen LogP contribution in [-0.2, 0) is 20.8 Å². The monoisotopic (exact) mass is 565 g/mol. The smallest absolute Gasteiger partial charge is 0.220 e. The molecule has 0 spiro atoms. The van der Waals surface area contributed by atoms with Crippen LogP contribution in [0.3, 0.4) is 0 Å². The molecule has 0 bridgehead atoms. The van der Waals surface area contributed by atoms with Crippen LogP contribution in [0.15, 0.2) is 30.4 Å². The number of benzene rings is 1. The Bertz CT molecular complexity index is 1020. The van der Waals surface area contributed by atoms with Gasteiger partial charge in [0, 0.05) is 43.9 Å². The highest BCUT2D eigenvalue weighted by atomic mass is 35.5. The number of likely N-dealkylation sites (tertiary alicyclic amines) is 1. The Hall–Kier alpha value is -2.33. The third kappa shape index (κ3) is 14.0. The van der Waals surface area contributed by atoms with E-state index in [-0.39, 0.29) is 17.9 Å². The number of carbonyl (C=O) groups is 3. The maximum absolute atomic E-state index is 12.2. The van der Waals surface area contributed by atoms with Crippen molar-refractivity contribution in [3.8, 4) is 0 Å². The highest BCUT2D eigenvalue weighted by Gasteiger charge is 2.17. The van der Waals surface area contributed by atoms with Gasteiger partial charge in [0.1, 0.15) is 6.29 Å². The summed E-state index contributed by atoms with van der Waals surface area (Å²) in [5.41, 5.74) is 6.12. The normalized spacial score (nSPS) is 14.8. The zero-order chi connectivity index (χ0) is 28.5. The van der Waals surface area contributed by atoms with Gasteiger partial charge in [0.05, 0.1) is 15.2 Å². The van der Waals surface area contributed by atoms with Crippen molar-refractivity contribution in [1.82, 2.24) is 20.5 Å². The third-order valence-electron chi connectivity index (χ3n) is 6.10. The molecule has 1 fully saturated rings. The van der Waals surface area contributed by atoms with Gasteiger partial charge in [0.25, 0.3) is 0 Å². The summed E-state index contributed by atoms with van der Waals surface area (Å²) in [6.07, 6.45) is 6.90. The minimum atomic E-state index is -0.333. The quantitative estimate of drug-likeness (QED) is 0.275. The highest BCUT2D eigenvalue weighted by molar-refractivity contribution is 7.18. The van der Waals surface area contributed by atoms with Crippen molar-refractivity contribution in [2.45, 2.75) is 65.3 Å². The van der Waals surface area contributed by atoms with E-state index in [2.05, 4.69) is 46.7 Å². The number of hydrogen-bond acceptors (Lipinski definition) is 7. The van der Waals surface area contributed by atoms with Crippen molar-refractivity contribution in [1.29, 1.82) is 0 Å². The molecule has 1 saturated heterocycles. The Morgan fingerprint density at radius 2 is 1.95 bits per heavy atom. The molecule has 0 radical (unpaired) electrons. The van der Waals surface area contributed by atoms with Crippen molar-refractivity contribution in [2.75, 3.05) is 33.2 Å². The Labute approximate surface area is 236 Å². The largest absolute Gasteiger partial charge is 0.370 e. The van der Waals surface area contributed by atoms with Crippen LogP contribution >= 0.6 is 22.9 Å². The molecule has 1 aromatic carbocycles. The second kappa shape index (κ2) is 18.8. The van der Waals surface area contributed by atoms with Crippen molar-refractivity contribution in [2.24, 2.45) is 11.7 Å². The van der Waals surface area contributed by atoms with E-state index in [0.717, 1.165) is 54.1 Å². The fraction of sp³-hybridized carbons (Fsp3) is 0.571. The number of amides is 2. The molecule has 1 aromatic heterocycles. The zero-order valence-electron chi connectivity index (χ0n) is 23.2. The van der Waals surface area contributed by atoms with Crippen LogP contribution in [0.5, 0.6) is 0 Å². The molecular formula is C28H44ClN5O3S. The summed E-state index contributed by atoms with van der Waals surface area (Å²) in [6, 6.07) is 5.86. The predicted molar refractivity (Wildman–Crippen MR) is 159 cm³/mol. The van der Waals surface area contributed by atoms with E-state index in [1.165, 1.54) is 26.2 Å². The number of thiazole rings is 1. The molecule has 3 rings (SSSR count). The molecule has 38 heavy (non-hydrogen) atoms. The maximum Gasteiger partial charge on any atom is 0.220 e. The topological polar surface area (TPSA) is 117 Å². The van der Waals surface area contributed by atoms with Gasteiger partial charge in [-0.2, -0.15) is 0 Å². The second-order valence-electron chi connectivity index (χ2n) is 9.56. The molecule has 0 aliphatic carbocycles. The van der Waals surface area contributed by atoms with E-state index < -0.39 is 0 Å². The number of aromatic nitrogens is 1. The fourth-order valence-corrected chi connectivity index (χ4v) is 5.14. The van der Waals surface area contributed by atoms with Gasteiger partial charge < -0.3 is 16.4 Å². The summed E-state index contributed by atoms with van der Waals surface area (Å²) in [5.74, 6) is 0.207. The summed E-state index contributed by atoms with van der Waals surface area (Å²) in [4.78, 5) is 38.5. The minimum absolute atomic E-state index is 0.0860. The molecule has 8 nitrogen and oxygen atoms in total. The lowest BCUT2D eigenvalue weighted by Crippen LogP contribution is -2.45. The first kappa shape index (κ1) is 33.7. The van der Waals surface area contributed by atoms with Crippen LogP contribution in [0.4, 0.5) is 0 Å². The number of nitrogens with two attached hydrogens (primary N) is 1. The van der Waals surface area contributed by atoms with E-state index in [0.29, 0.717) is 29.4 Å². The van der Waals surface area contributed by atoms with E-state index in [1.54, 1.807) is 11.3 Å². The number of aryl methyl sites for hydroxylation is 1. The van der Waals surface area contributed by atoms with Gasteiger partial charge >= 0.3 is 0 Å². The van der Waals surface area contributed by atoms with Crippen molar-refractivity contribution < 1.29 is 14.4 Å². The van der Waals surface area contributed by atoms with E-state index in [4.69, 9.17) is 11.6 Å². The van der Waals surface area contributed by atoms with Gasteiger partial charge in [-0.15, -0.1) is 11.3 Å². The molecule has 2 amide bonds. The zero-order valence-corrected chi connectivity index (χ0v) is 24.8. The third-order valence-corrected chi connectivity index (χ3v) is 7.42. The first-order valence-corrected chi connectivity index (χ1v) is 14.4. The van der Waals surface area contributed by atoms with E-state index >= 15 is 0 Å². The van der Waals surface area contributed by atoms with Gasteiger partial charge in [-0.05, 0) is 62.7 Å². The van der Waals surface area contributed by atoms with Crippen LogP contribution in [0, 0.1) is 5.92 Å². The van der Waals surface area contributed by atoms with Crippen LogP contribution in [-0.4, -0.2) is 67.3 Å². The molecule has 2 aromatic rings. The molecule has 10 heteroatoms. The lowest BCUT2D eigenvalue weighted by atomic mass is 9.99. The first-order valence-electron chi connectivity index (χ1n) is 13.2. The Morgan fingerprint density at radius 3 is 2.53 bits per heavy atom. The first-order chi connectivity index (χ1) is 18.1. The van der Waals surface area contributed by atoms with E-state index in [9.17, 15) is 14.4 Å². The number of nitrogens with one attached hydrogen (secondary N) is 2. The minimum Gasteiger partial charge on any atom is -0.370 e. The molecule has 2 unspecified atom stereocenters. The average Bonchev–Trinajstić information content (AvgIpc) is 3.29.